The molecular formula is C20H23ClN4O4. The molecule has 2 aromatic rings. The molecule has 3 rings (SSSR count). The molecule has 0 spiro atoms. The van der Waals surface area contributed by atoms with Crippen LogP contribution >= 0.6 is 12.4 Å². The first kappa shape index (κ1) is 22.3. The van der Waals surface area contributed by atoms with Gasteiger partial charge in [-0.05, 0) is 17.7 Å². The van der Waals surface area contributed by atoms with E-state index in [4.69, 9.17) is 5.73 Å². The zero-order valence-electron chi connectivity index (χ0n) is 15.8. The van der Waals surface area contributed by atoms with E-state index >= 15 is 0 Å². The molecule has 1 fully saturated rings. The van der Waals surface area contributed by atoms with E-state index in [9.17, 15) is 19.7 Å². The second kappa shape index (κ2) is 9.99. The van der Waals surface area contributed by atoms with E-state index in [0.29, 0.717) is 31.7 Å². The average molecular weight is 419 g/mol. The fraction of sp³-hybridized carbons (Fsp3) is 0.300. The van der Waals surface area contributed by atoms with E-state index in [-0.39, 0.29) is 42.4 Å². The van der Waals surface area contributed by atoms with Gasteiger partial charge in [0, 0.05) is 56.3 Å². The van der Waals surface area contributed by atoms with E-state index in [1.807, 2.05) is 30.3 Å². The molecule has 1 aliphatic heterocycles. The fourth-order valence-electron chi connectivity index (χ4n) is 3.20. The third-order valence-corrected chi connectivity index (χ3v) is 4.87. The molecule has 2 amide bonds. The van der Waals surface area contributed by atoms with Crippen LogP contribution < -0.4 is 5.73 Å². The molecule has 154 valence electrons. The number of nitro groups is 1. The predicted octanol–water partition coefficient (Wildman–Crippen LogP) is 2.39. The second-order valence-electron chi connectivity index (χ2n) is 6.70. The van der Waals surface area contributed by atoms with Crippen LogP contribution in [0.2, 0.25) is 0 Å². The smallest absolute Gasteiger partial charge is 0.269 e. The molecule has 1 unspecified atom stereocenters. The quantitative estimate of drug-likeness (QED) is 0.592. The molecule has 2 N–H and O–H groups in total. The van der Waals surface area contributed by atoms with Crippen LogP contribution in [-0.2, 0) is 4.79 Å². The molecule has 0 aromatic heterocycles. The Morgan fingerprint density at radius 3 is 2.07 bits per heavy atom. The number of piperazine rings is 1. The zero-order valence-corrected chi connectivity index (χ0v) is 16.6. The number of carbonyl (C=O) groups is 2. The fourth-order valence-corrected chi connectivity index (χ4v) is 3.20. The molecule has 1 saturated heterocycles. The summed E-state index contributed by atoms with van der Waals surface area (Å²) in [6, 6.07) is 14.7. The SMILES string of the molecule is Cl.NC(CC(=O)N1CCN(C(=O)c2ccc([N+](=O)[O-])cc2)CC1)c1ccccc1. The number of benzene rings is 2. The van der Waals surface area contributed by atoms with Gasteiger partial charge in [0.1, 0.15) is 0 Å². The topological polar surface area (TPSA) is 110 Å². The van der Waals surface area contributed by atoms with Crippen LogP contribution in [0.3, 0.4) is 0 Å². The van der Waals surface area contributed by atoms with Crippen molar-refractivity contribution in [3.05, 3.63) is 75.8 Å². The van der Waals surface area contributed by atoms with Crippen molar-refractivity contribution in [3.8, 4) is 0 Å². The summed E-state index contributed by atoms with van der Waals surface area (Å²) in [6.07, 6.45) is 0.223. The molecule has 0 aliphatic carbocycles. The minimum atomic E-state index is -0.501. The number of carbonyl (C=O) groups excluding carboxylic acids is 2. The van der Waals surface area contributed by atoms with Crippen LogP contribution in [0.25, 0.3) is 0 Å². The van der Waals surface area contributed by atoms with Gasteiger partial charge in [-0.2, -0.15) is 0 Å². The Kier molecular flexibility index (Phi) is 7.69. The first-order valence-corrected chi connectivity index (χ1v) is 9.07. The lowest BCUT2D eigenvalue weighted by Gasteiger charge is -2.35. The Morgan fingerprint density at radius 2 is 1.52 bits per heavy atom. The maximum absolute atomic E-state index is 12.6. The van der Waals surface area contributed by atoms with Gasteiger partial charge in [0.05, 0.1) is 4.92 Å². The van der Waals surface area contributed by atoms with Gasteiger partial charge in [0.25, 0.3) is 11.6 Å². The normalized spacial score (nSPS) is 14.7. The number of halogens is 1. The lowest BCUT2D eigenvalue weighted by Crippen LogP contribution is -2.51. The molecule has 1 heterocycles. The molecule has 1 aliphatic rings. The molecule has 0 radical (unpaired) electrons. The van der Waals surface area contributed by atoms with Crippen molar-refractivity contribution in [1.29, 1.82) is 0 Å². The standard InChI is InChI=1S/C20H22N4O4.ClH/c21-18(15-4-2-1-3-5-15)14-19(25)22-10-12-23(13-11-22)20(26)16-6-8-17(9-7-16)24(27)28;/h1-9,18H,10-14,21H2;1H. The Balaban J connectivity index is 0.00000300. The molecule has 9 heteroatoms. The second-order valence-corrected chi connectivity index (χ2v) is 6.70. The maximum atomic E-state index is 12.6. The largest absolute Gasteiger partial charge is 0.339 e. The molecular weight excluding hydrogens is 396 g/mol. The number of hydrogen-bond acceptors (Lipinski definition) is 5. The molecule has 8 nitrogen and oxygen atoms in total. The van der Waals surface area contributed by atoms with Crippen molar-refractivity contribution in [2.45, 2.75) is 12.5 Å². The van der Waals surface area contributed by atoms with Crippen molar-refractivity contribution in [2.24, 2.45) is 5.73 Å². The average Bonchev–Trinajstić information content (AvgIpc) is 2.74. The molecule has 1 atom stereocenters. The Hall–Kier alpha value is -2.97. The summed E-state index contributed by atoms with van der Waals surface area (Å²) in [7, 11) is 0. The van der Waals surface area contributed by atoms with Crippen molar-refractivity contribution >= 4 is 29.9 Å². The van der Waals surface area contributed by atoms with Gasteiger partial charge < -0.3 is 15.5 Å². The summed E-state index contributed by atoms with van der Waals surface area (Å²) in [6.45, 7) is 1.72. The highest BCUT2D eigenvalue weighted by Crippen LogP contribution is 2.17. The Bertz CT molecular complexity index is 853. The third-order valence-electron chi connectivity index (χ3n) is 4.87. The van der Waals surface area contributed by atoms with Crippen LogP contribution in [0.5, 0.6) is 0 Å². The minimum Gasteiger partial charge on any atom is -0.339 e. The van der Waals surface area contributed by atoms with E-state index in [1.165, 1.54) is 24.3 Å². The number of nitrogens with zero attached hydrogens (tertiary/aromatic N) is 3. The monoisotopic (exact) mass is 418 g/mol. The highest BCUT2D eigenvalue weighted by molar-refractivity contribution is 5.94. The Labute approximate surface area is 174 Å². The zero-order chi connectivity index (χ0) is 20.1. The summed E-state index contributed by atoms with van der Waals surface area (Å²) in [4.78, 5) is 38.7. The minimum absolute atomic E-state index is 0. The van der Waals surface area contributed by atoms with Crippen LogP contribution in [0.1, 0.15) is 28.4 Å². The summed E-state index contributed by atoms with van der Waals surface area (Å²) in [5.41, 5.74) is 7.39. The van der Waals surface area contributed by atoms with Crippen LogP contribution in [-0.4, -0.2) is 52.7 Å². The number of nitro benzene ring substituents is 1. The first-order chi connectivity index (χ1) is 13.5. The van der Waals surface area contributed by atoms with Crippen molar-refractivity contribution in [3.63, 3.8) is 0 Å². The van der Waals surface area contributed by atoms with Gasteiger partial charge in [-0.25, -0.2) is 0 Å². The molecule has 29 heavy (non-hydrogen) atoms. The number of rotatable bonds is 5. The molecule has 0 saturated carbocycles. The lowest BCUT2D eigenvalue weighted by atomic mass is 10.0. The van der Waals surface area contributed by atoms with Crippen molar-refractivity contribution in [1.82, 2.24) is 9.80 Å². The van der Waals surface area contributed by atoms with E-state index in [1.54, 1.807) is 9.80 Å². The molecule has 2 aromatic carbocycles. The summed E-state index contributed by atoms with van der Waals surface area (Å²) < 4.78 is 0. The number of hydrogen-bond donors (Lipinski definition) is 1. The number of non-ortho nitro benzene ring substituents is 1. The Morgan fingerprint density at radius 1 is 0.966 bits per heavy atom. The highest BCUT2D eigenvalue weighted by Gasteiger charge is 2.26. The van der Waals surface area contributed by atoms with Gasteiger partial charge >= 0.3 is 0 Å². The van der Waals surface area contributed by atoms with Crippen molar-refractivity contribution < 1.29 is 14.5 Å². The molecule has 0 bridgehead atoms. The lowest BCUT2D eigenvalue weighted by molar-refractivity contribution is -0.384. The third kappa shape index (κ3) is 5.52. The summed E-state index contributed by atoms with van der Waals surface area (Å²) in [5, 5.41) is 10.7. The van der Waals surface area contributed by atoms with Gasteiger partial charge in [-0.3, -0.25) is 19.7 Å². The number of nitrogens with two attached hydrogens (primary N) is 1. The maximum Gasteiger partial charge on any atom is 0.269 e. The first-order valence-electron chi connectivity index (χ1n) is 9.07. The predicted molar refractivity (Wildman–Crippen MR) is 111 cm³/mol. The van der Waals surface area contributed by atoms with E-state index in [0.717, 1.165) is 5.56 Å². The van der Waals surface area contributed by atoms with Crippen LogP contribution in [0, 0.1) is 10.1 Å². The van der Waals surface area contributed by atoms with Crippen LogP contribution in [0.4, 0.5) is 5.69 Å². The van der Waals surface area contributed by atoms with Crippen LogP contribution in [0.15, 0.2) is 54.6 Å². The van der Waals surface area contributed by atoms with E-state index in [2.05, 4.69) is 0 Å². The summed E-state index contributed by atoms with van der Waals surface area (Å²) >= 11 is 0. The van der Waals surface area contributed by atoms with E-state index < -0.39 is 4.92 Å². The highest BCUT2D eigenvalue weighted by atomic mass is 35.5. The summed E-state index contributed by atoms with van der Waals surface area (Å²) in [5.74, 6) is -0.221. The van der Waals surface area contributed by atoms with Crippen molar-refractivity contribution in [2.75, 3.05) is 26.2 Å². The van der Waals surface area contributed by atoms with Gasteiger partial charge in [0.15, 0.2) is 0 Å². The van der Waals surface area contributed by atoms with Gasteiger partial charge in [-0.15, -0.1) is 12.4 Å². The van der Waals surface area contributed by atoms with Gasteiger partial charge in [-0.1, -0.05) is 30.3 Å². The number of amides is 2. The van der Waals surface area contributed by atoms with Gasteiger partial charge in [0.2, 0.25) is 5.91 Å².